The van der Waals surface area contributed by atoms with Gasteiger partial charge in [-0.25, -0.2) is 0 Å². The minimum absolute atomic E-state index is 0.0538. The van der Waals surface area contributed by atoms with Gasteiger partial charge in [0.15, 0.2) is 5.78 Å². The van der Waals surface area contributed by atoms with Gasteiger partial charge in [0.2, 0.25) is 0 Å². The third kappa shape index (κ3) is 4.25. The van der Waals surface area contributed by atoms with E-state index in [-0.39, 0.29) is 23.6 Å². The van der Waals surface area contributed by atoms with E-state index < -0.39 is 23.9 Å². The summed E-state index contributed by atoms with van der Waals surface area (Å²) in [5, 5.41) is 15.8. The molecule has 2 aliphatic heterocycles. The van der Waals surface area contributed by atoms with E-state index in [9.17, 15) is 22.8 Å². The summed E-state index contributed by atoms with van der Waals surface area (Å²) in [6, 6.07) is 11.8. The van der Waals surface area contributed by atoms with E-state index in [1.807, 2.05) is 6.07 Å². The van der Waals surface area contributed by atoms with Gasteiger partial charge in [-0.05, 0) is 29.8 Å². The van der Waals surface area contributed by atoms with Crippen molar-refractivity contribution in [2.24, 2.45) is 0 Å². The van der Waals surface area contributed by atoms with Crippen molar-refractivity contribution in [1.82, 2.24) is 15.5 Å². The number of fused-ring (bicyclic) bond motifs is 1. The largest absolute Gasteiger partial charge is 0.573 e. The number of halogens is 3. The molecule has 8 nitrogen and oxygen atoms in total. The predicted octanol–water partition coefficient (Wildman–Crippen LogP) is 3.54. The van der Waals surface area contributed by atoms with E-state index in [1.54, 1.807) is 24.4 Å². The van der Waals surface area contributed by atoms with Crippen molar-refractivity contribution in [2.45, 2.75) is 12.3 Å². The summed E-state index contributed by atoms with van der Waals surface area (Å²) in [6.45, 7) is 0.702. The second-order valence-electron chi connectivity index (χ2n) is 7.83. The zero-order valence-electron chi connectivity index (χ0n) is 17.5. The molecule has 0 saturated carbocycles. The van der Waals surface area contributed by atoms with Crippen molar-refractivity contribution in [3.8, 4) is 5.75 Å². The summed E-state index contributed by atoms with van der Waals surface area (Å²) in [6.07, 6.45) is -3.19. The lowest BCUT2D eigenvalue weighted by molar-refractivity contribution is -0.274. The number of rotatable bonds is 4. The summed E-state index contributed by atoms with van der Waals surface area (Å²) in [7, 11) is 0. The second-order valence-corrected chi connectivity index (χ2v) is 7.83. The van der Waals surface area contributed by atoms with E-state index >= 15 is 0 Å². The summed E-state index contributed by atoms with van der Waals surface area (Å²) in [5.74, 6) is -0.752. The number of nitrogens with zero attached hydrogens (tertiary/aromatic N) is 1. The van der Waals surface area contributed by atoms with Crippen LogP contribution in [-0.4, -0.2) is 41.3 Å². The quantitative estimate of drug-likeness (QED) is 0.466. The molecule has 0 spiro atoms. The van der Waals surface area contributed by atoms with Crippen LogP contribution >= 0.6 is 0 Å². The molecule has 3 heterocycles. The third-order valence-electron chi connectivity index (χ3n) is 5.56. The van der Waals surface area contributed by atoms with Crippen LogP contribution in [0.15, 0.2) is 66.0 Å². The molecule has 2 aromatic carbocycles. The Balaban J connectivity index is 1.44. The van der Waals surface area contributed by atoms with Crippen LogP contribution in [0.25, 0.3) is 0 Å². The van der Waals surface area contributed by atoms with E-state index in [2.05, 4.69) is 30.9 Å². The Morgan fingerprint density at radius 1 is 1.12 bits per heavy atom. The smallest absolute Gasteiger partial charge is 0.406 e. The molecule has 4 N–H and O–H groups in total. The molecule has 5 rings (SSSR count). The number of ether oxygens (including phenoxy) is 1. The van der Waals surface area contributed by atoms with Crippen LogP contribution in [0.5, 0.6) is 5.75 Å². The Labute approximate surface area is 191 Å². The van der Waals surface area contributed by atoms with Crippen LogP contribution in [-0.2, 0) is 4.79 Å². The Hall–Kier alpha value is -4.12. The van der Waals surface area contributed by atoms with E-state index in [1.165, 1.54) is 12.1 Å². The number of nitrogens with one attached hydrogen (secondary N) is 4. The average molecular weight is 469 g/mol. The number of hydrogen-bond donors (Lipinski definition) is 4. The molecule has 1 amide bonds. The number of alkyl halides is 3. The van der Waals surface area contributed by atoms with E-state index in [0.29, 0.717) is 23.5 Å². The lowest BCUT2D eigenvalue weighted by Gasteiger charge is -2.32. The summed E-state index contributed by atoms with van der Waals surface area (Å²) < 4.78 is 41.4. The minimum Gasteiger partial charge on any atom is -0.406 e. The van der Waals surface area contributed by atoms with Crippen molar-refractivity contribution >= 4 is 23.2 Å². The monoisotopic (exact) mass is 469 g/mol. The number of aromatic nitrogens is 2. The van der Waals surface area contributed by atoms with Crippen molar-refractivity contribution in [3.05, 3.63) is 82.7 Å². The van der Waals surface area contributed by atoms with Crippen LogP contribution < -0.4 is 20.7 Å². The molecule has 1 aromatic heterocycles. The van der Waals surface area contributed by atoms with Gasteiger partial charge in [-0.3, -0.25) is 14.7 Å². The van der Waals surface area contributed by atoms with E-state index in [0.717, 1.165) is 23.4 Å². The van der Waals surface area contributed by atoms with Crippen molar-refractivity contribution in [1.29, 1.82) is 0 Å². The maximum absolute atomic E-state index is 12.9. The Morgan fingerprint density at radius 3 is 2.76 bits per heavy atom. The topological polar surface area (TPSA) is 108 Å². The summed E-state index contributed by atoms with van der Waals surface area (Å²) >= 11 is 0. The first-order chi connectivity index (χ1) is 16.3. The van der Waals surface area contributed by atoms with Crippen LogP contribution in [0.4, 0.5) is 24.7 Å². The highest BCUT2D eigenvalue weighted by Gasteiger charge is 2.36. The molecule has 0 bridgehead atoms. The van der Waals surface area contributed by atoms with Gasteiger partial charge in [-0.2, -0.15) is 5.10 Å². The molecule has 1 unspecified atom stereocenters. The number of ketones is 1. The highest BCUT2D eigenvalue weighted by atomic mass is 19.4. The minimum atomic E-state index is -4.84. The molecule has 34 heavy (non-hydrogen) atoms. The SMILES string of the molecule is O=C1CNCC2=C1C(c1cccc(C(=O)Nc3cccc(OC(F)(F)F)c3)c1)c1cn[nH]c1N2. The van der Waals surface area contributed by atoms with Crippen LogP contribution in [0.1, 0.15) is 27.4 Å². The Morgan fingerprint density at radius 2 is 1.94 bits per heavy atom. The summed E-state index contributed by atoms with van der Waals surface area (Å²) in [4.78, 5) is 25.7. The molecule has 0 aliphatic carbocycles. The normalized spacial score (nSPS) is 17.5. The fourth-order valence-corrected chi connectivity index (χ4v) is 4.21. The standard InChI is InChI=1S/C23H18F3N5O3/c24-23(25,26)34-15-6-2-5-14(8-15)29-22(33)13-4-1-3-12(7-13)19-16-9-28-31-21(16)30-17-10-27-11-18(32)20(17)19/h1-9,19,27H,10-11H2,(H,29,33)(H2,28,30,31). The maximum Gasteiger partial charge on any atom is 0.573 e. The first-order valence-electron chi connectivity index (χ1n) is 10.3. The molecule has 11 heteroatoms. The zero-order valence-corrected chi connectivity index (χ0v) is 17.5. The molecule has 174 valence electrons. The predicted molar refractivity (Wildman–Crippen MR) is 116 cm³/mol. The number of benzene rings is 2. The van der Waals surface area contributed by atoms with Crippen LogP contribution in [0.2, 0.25) is 0 Å². The lowest BCUT2D eigenvalue weighted by Crippen LogP contribution is -2.39. The van der Waals surface area contributed by atoms with Gasteiger partial charge in [0.1, 0.15) is 11.6 Å². The molecule has 3 aromatic rings. The van der Waals surface area contributed by atoms with Gasteiger partial charge in [0.25, 0.3) is 5.91 Å². The van der Waals surface area contributed by atoms with Gasteiger partial charge in [0.05, 0.1) is 12.7 Å². The molecule has 0 saturated heterocycles. The van der Waals surface area contributed by atoms with E-state index in [4.69, 9.17) is 0 Å². The highest BCUT2D eigenvalue weighted by molar-refractivity contribution is 6.05. The second kappa shape index (κ2) is 8.34. The number of carbonyl (C=O) groups is 2. The van der Waals surface area contributed by atoms with Gasteiger partial charge < -0.3 is 20.7 Å². The zero-order chi connectivity index (χ0) is 23.9. The van der Waals surface area contributed by atoms with Gasteiger partial charge in [0, 0.05) is 46.6 Å². The molecular formula is C23H18F3N5O3. The fraction of sp³-hybridized carbons (Fsp3) is 0.174. The number of Topliss-reactive ketones (excluding diaryl/α,β-unsaturated/α-hetero) is 1. The first-order valence-corrected chi connectivity index (χ1v) is 10.3. The first kappa shape index (κ1) is 21.7. The van der Waals surface area contributed by atoms with Crippen LogP contribution in [0, 0.1) is 0 Å². The maximum atomic E-state index is 12.9. The molecular weight excluding hydrogens is 451 g/mol. The van der Waals surface area contributed by atoms with Gasteiger partial charge in [-0.15, -0.1) is 13.2 Å². The number of aromatic amines is 1. The van der Waals surface area contributed by atoms with Crippen LogP contribution in [0.3, 0.4) is 0 Å². The number of anilines is 2. The third-order valence-corrected chi connectivity index (χ3v) is 5.56. The van der Waals surface area contributed by atoms with Gasteiger partial charge >= 0.3 is 6.36 Å². The Kier molecular flexibility index (Phi) is 5.33. The number of H-pyrrole nitrogens is 1. The fourth-order valence-electron chi connectivity index (χ4n) is 4.21. The molecule has 0 radical (unpaired) electrons. The summed E-state index contributed by atoms with van der Waals surface area (Å²) in [5.41, 5.74) is 3.29. The highest BCUT2D eigenvalue weighted by Crippen LogP contribution is 2.42. The number of carbonyl (C=O) groups excluding carboxylic acids is 2. The van der Waals surface area contributed by atoms with Gasteiger partial charge in [-0.1, -0.05) is 18.2 Å². The lowest BCUT2D eigenvalue weighted by atomic mass is 9.79. The molecule has 2 aliphatic rings. The average Bonchev–Trinajstić information content (AvgIpc) is 3.25. The van der Waals surface area contributed by atoms with Crippen molar-refractivity contribution < 1.29 is 27.5 Å². The van der Waals surface area contributed by atoms with Crippen molar-refractivity contribution in [3.63, 3.8) is 0 Å². The molecule has 1 atom stereocenters. The Bertz CT molecular complexity index is 1310. The van der Waals surface area contributed by atoms with Crippen molar-refractivity contribution in [2.75, 3.05) is 23.7 Å². The number of hydrogen-bond acceptors (Lipinski definition) is 6. The molecule has 0 fully saturated rings. The number of amides is 1.